The molecule has 0 N–H and O–H groups in total. The van der Waals surface area contributed by atoms with E-state index in [1.165, 1.54) is 66.8 Å². The summed E-state index contributed by atoms with van der Waals surface area (Å²) in [5, 5.41) is 2.55. The molecule has 2 aliphatic heterocycles. The summed E-state index contributed by atoms with van der Waals surface area (Å²) in [6.07, 6.45) is 3.92. The number of nitrogens with zero attached hydrogens (tertiary/aromatic N) is 4. The van der Waals surface area contributed by atoms with Crippen LogP contribution < -0.4 is 9.80 Å². The van der Waals surface area contributed by atoms with Crippen LogP contribution in [-0.2, 0) is 10.8 Å². The number of para-hydroxylation sites is 4. The van der Waals surface area contributed by atoms with Gasteiger partial charge in [0.05, 0.1) is 40.0 Å². The second-order valence-corrected chi connectivity index (χ2v) is 14.9. The lowest BCUT2D eigenvalue weighted by Crippen LogP contribution is -2.31. The van der Waals surface area contributed by atoms with Gasteiger partial charge in [0.25, 0.3) is 0 Å². The Balaban J connectivity index is 1.13. The summed E-state index contributed by atoms with van der Waals surface area (Å²) in [5.41, 5.74) is 15.5. The minimum absolute atomic E-state index is 0.128. The molecule has 246 valence electrons. The molecule has 8 aromatic rings. The monoisotopic (exact) mass is 658 g/mol. The standard InChI is InChI=1S/C47H38N4/c1-46(2)36-15-7-12-20-43(36)50(45-30-48-28-27-38(45)46)32-23-21-31(22-24-32)49-42-19-11-8-16-37(42)47(3,4)39-29-33(25-26-44(39)49)51-40-17-9-5-13-34(40)35-14-6-10-18-41(35)51/h5-30H,1-4H3. The Hall–Kier alpha value is -6.13. The highest BCUT2D eigenvalue weighted by atomic mass is 15.2. The number of hydrogen-bond donors (Lipinski definition) is 0. The first-order valence-corrected chi connectivity index (χ1v) is 17.8. The van der Waals surface area contributed by atoms with Crippen LogP contribution >= 0.6 is 0 Å². The highest BCUT2D eigenvalue weighted by molar-refractivity contribution is 6.09. The molecule has 4 heterocycles. The predicted octanol–water partition coefficient (Wildman–Crippen LogP) is 12.4. The van der Waals surface area contributed by atoms with Crippen LogP contribution in [-0.4, -0.2) is 9.55 Å². The van der Waals surface area contributed by atoms with Crippen molar-refractivity contribution in [2.75, 3.05) is 9.80 Å². The SMILES string of the molecule is CC1(C)c2ccccc2N(c2ccc(N3c4ccccc4C(C)(C)c4cc(-n5c6ccccc6c6ccccc65)ccc43)cc2)c2cnccc21. The average molecular weight is 659 g/mol. The van der Waals surface area contributed by atoms with Crippen molar-refractivity contribution in [3.05, 3.63) is 180 Å². The summed E-state index contributed by atoms with van der Waals surface area (Å²) in [7, 11) is 0. The maximum absolute atomic E-state index is 4.57. The van der Waals surface area contributed by atoms with Gasteiger partial charge in [0, 0.05) is 44.9 Å². The van der Waals surface area contributed by atoms with E-state index in [1.807, 2.05) is 12.4 Å². The largest absolute Gasteiger partial charge is 0.310 e. The zero-order valence-corrected chi connectivity index (χ0v) is 29.3. The second kappa shape index (κ2) is 10.7. The van der Waals surface area contributed by atoms with Gasteiger partial charge in [-0.1, -0.05) is 100 Å². The van der Waals surface area contributed by atoms with Crippen LogP contribution in [0.4, 0.5) is 34.1 Å². The molecule has 0 unspecified atom stereocenters. The Morgan fingerprint density at radius 1 is 0.412 bits per heavy atom. The molecule has 2 aromatic heterocycles. The van der Waals surface area contributed by atoms with Crippen molar-refractivity contribution in [3.8, 4) is 5.69 Å². The fourth-order valence-electron chi connectivity index (χ4n) is 8.90. The maximum atomic E-state index is 4.57. The molecule has 51 heavy (non-hydrogen) atoms. The zero-order chi connectivity index (χ0) is 34.5. The van der Waals surface area contributed by atoms with Gasteiger partial charge in [-0.05, 0) is 95.1 Å². The van der Waals surface area contributed by atoms with E-state index >= 15 is 0 Å². The minimum Gasteiger partial charge on any atom is -0.310 e. The van der Waals surface area contributed by atoms with E-state index in [0.29, 0.717) is 0 Å². The number of anilines is 6. The number of rotatable bonds is 3. The third-order valence-electron chi connectivity index (χ3n) is 11.4. The molecule has 0 saturated heterocycles. The minimum atomic E-state index is -0.210. The molecule has 6 aromatic carbocycles. The lowest BCUT2D eigenvalue weighted by atomic mass is 9.73. The van der Waals surface area contributed by atoms with E-state index in [2.05, 4.69) is 193 Å². The number of fused-ring (bicyclic) bond motifs is 7. The van der Waals surface area contributed by atoms with E-state index in [0.717, 1.165) is 17.1 Å². The van der Waals surface area contributed by atoms with Crippen molar-refractivity contribution in [1.82, 2.24) is 9.55 Å². The van der Waals surface area contributed by atoms with Gasteiger partial charge >= 0.3 is 0 Å². The highest BCUT2D eigenvalue weighted by Gasteiger charge is 2.39. The van der Waals surface area contributed by atoms with Gasteiger partial charge in [-0.3, -0.25) is 4.98 Å². The molecular formula is C47H38N4. The molecule has 4 heteroatoms. The summed E-state index contributed by atoms with van der Waals surface area (Å²) in [4.78, 5) is 9.38. The third-order valence-corrected chi connectivity index (χ3v) is 11.4. The lowest BCUT2D eigenvalue weighted by Gasteiger charge is -2.43. The third kappa shape index (κ3) is 4.17. The van der Waals surface area contributed by atoms with E-state index in [1.54, 1.807) is 0 Å². The molecule has 4 nitrogen and oxygen atoms in total. The first-order valence-electron chi connectivity index (χ1n) is 17.8. The second-order valence-electron chi connectivity index (χ2n) is 14.9. The van der Waals surface area contributed by atoms with Gasteiger partial charge in [0.1, 0.15) is 0 Å². The highest BCUT2D eigenvalue weighted by Crippen LogP contribution is 2.54. The van der Waals surface area contributed by atoms with Crippen molar-refractivity contribution in [2.24, 2.45) is 0 Å². The number of hydrogen-bond acceptors (Lipinski definition) is 3. The number of pyridine rings is 1. The fourth-order valence-corrected chi connectivity index (χ4v) is 8.90. The first kappa shape index (κ1) is 29.8. The topological polar surface area (TPSA) is 24.3 Å². The predicted molar refractivity (Wildman–Crippen MR) is 212 cm³/mol. The Labute approximate surface area is 298 Å². The summed E-state index contributed by atoms with van der Waals surface area (Å²) in [5.74, 6) is 0. The van der Waals surface area contributed by atoms with Gasteiger partial charge in [0.15, 0.2) is 0 Å². The Bertz CT molecular complexity index is 2560. The summed E-state index contributed by atoms with van der Waals surface area (Å²) >= 11 is 0. The van der Waals surface area contributed by atoms with Gasteiger partial charge in [-0.15, -0.1) is 0 Å². The molecule has 2 aliphatic rings. The average Bonchev–Trinajstić information content (AvgIpc) is 3.50. The van der Waals surface area contributed by atoms with E-state index in [4.69, 9.17) is 0 Å². The Kier molecular flexibility index (Phi) is 6.23. The zero-order valence-electron chi connectivity index (χ0n) is 29.3. The molecule has 0 spiro atoms. The van der Waals surface area contributed by atoms with E-state index < -0.39 is 0 Å². The van der Waals surface area contributed by atoms with Crippen molar-refractivity contribution in [3.63, 3.8) is 0 Å². The molecule has 0 fully saturated rings. The molecule has 0 amide bonds. The molecule has 0 bridgehead atoms. The van der Waals surface area contributed by atoms with E-state index in [9.17, 15) is 0 Å². The number of aromatic nitrogens is 2. The van der Waals surface area contributed by atoms with Crippen molar-refractivity contribution >= 4 is 55.9 Å². The van der Waals surface area contributed by atoms with Crippen molar-refractivity contribution in [2.45, 2.75) is 38.5 Å². The fraction of sp³-hybridized carbons (Fsp3) is 0.128. The lowest BCUT2D eigenvalue weighted by molar-refractivity contribution is 0.630. The van der Waals surface area contributed by atoms with Crippen LogP contribution in [0.2, 0.25) is 0 Å². The molecule has 0 saturated carbocycles. The Morgan fingerprint density at radius 2 is 0.863 bits per heavy atom. The van der Waals surface area contributed by atoms with Crippen LogP contribution in [0.5, 0.6) is 0 Å². The van der Waals surface area contributed by atoms with Crippen LogP contribution in [0.3, 0.4) is 0 Å². The van der Waals surface area contributed by atoms with E-state index in [-0.39, 0.29) is 10.8 Å². The van der Waals surface area contributed by atoms with Crippen LogP contribution in [0.1, 0.15) is 49.9 Å². The van der Waals surface area contributed by atoms with Gasteiger partial charge in [-0.25, -0.2) is 0 Å². The molecule has 0 radical (unpaired) electrons. The summed E-state index contributed by atoms with van der Waals surface area (Å²) in [6, 6.07) is 53.4. The van der Waals surface area contributed by atoms with Crippen molar-refractivity contribution in [1.29, 1.82) is 0 Å². The molecule has 0 aliphatic carbocycles. The van der Waals surface area contributed by atoms with Crippen LogP contribution in [0, 0.1) is 0 Å². The maximum Gasteiger partial charge on any atom is 0.0685 e. The van der Waals surface area contributed by atoms with Crippen molar-refractivity contribution < 1.29 is 0 Å². The van der Waals surface area contributed by atoms with Gasteiger partial charge in [-0.2, -0.15) is 0 Å². The molecule has 10 rings (SSSR count). The summed E-state index contributed by atoms with van der Waals surface area (Å²) < 4.78 is 2.42. The van der Waals surface area contributed by atoms with Crippen LogP contribution in [0.25, 0.3) is 27.5 Å². The number of benzene rings is 6. The smallest absolute Gasteiger partial charge is 0.0685 e. The van der Waals surface area contributed by atoms with Crippen LogP contribution in [0.15, 0.2) is 158 Å². The Morgan fingerprint density at radius 3 is 1.47 bits per heavy atom. The first-order chi connectivity index (χ1) is 24.8. The molecular weight excluding hydrogens is 621 g/mol. The normalized spacial score (nSPS) is 15.3. The quantitative estimate of drug-likeness (QED) is 0.189. The van der Waals surface area contributed by atoms with Gasteiger partial charge < -0.3 is 14.4 Å². The summed E-state index contributed by atoms with van der Waals surface area (Å²) in [6.45, 7) is 9.35. The molecule has 0 atom stereocenters. The van der Waals surface area contributed by atoms with Gasteiger partial charge in [0.2, 0.25) is 0 Å².